The van der Waals surface area contributed by atoms with Crippen LogP contribution < -0.4 is 5.32 Å². The van der Waals surface area contributed by atoms with Crippen LogP contribution in [0.5, 0.6) is 0 Å². The molecule has 1 fully saturated rings. The number of carbonyl (C=O) groups is 2. The van der Waals surface area contributed by atoms with Crippen molar-refractivity contribution in [1.29, 1.82) is 0 Å². The van der Waals surface area contributed by atoms with Crippen LogP contribution in [0.15, 0.2) is 36.4 Å². The topological polar surface area (TPSA) is 61.9 Å². The van der Waals surface area contributed by atoms with Crippen molar-refractivity contribution < 1.29 is 14.3 Å². The van der Waals surface area contributed by atoms with Crippen LogP contribution in [0, 0.1) is 6.92 Å². The number of esters is 1. The van der Waals surface area contributed by atoms with Crippen LogP contribution in [0.4, 0.5) is 9.80 Å². The molecule has 1 N–H and O–H groups in total. The number of piperazine rings is 1. The van der Waals surface area contributed by atoms with Crippen molar-refractivity contribution in [3.8, 4) is 0 Å². The molecule has 6 nitrogen and oxygen atoms in total. The van der Waals surface area contributed by atoms with Crippen LogP contribution in [-0.2, 0) is 11.2 Å². The number of methoxy groups -OCH3 is 1. The van der Waals surface area contributed by atoms with E-state index in [-0.39, 0.29) is 6.03 Å². The summed E-state index contributed by atoms with van der Waals surface area (Å²) in [6, 6.07) is 12.0. The Hall–Kier alpha value is -2.38. The first-order chi connectivity index (χ1) is 13.1. The highest BCUT2D eigenvalue weighted by molar-refractivity contribution is 7.16. The molecule has 0 spiro atoms. The van der Waals surface area contributed by atoms with Gasteiger partial charge in [0.25, 0.3) is 0 Å². The second-order valence-corrected chi connectivity index (χ2v) is 7.84. The van der Waals surface area contributed by atoms with E-state index in [0.717, 1.165) is 30.9 Å². The number of amides is 2. The predicted octanol–water partition coefficient (Wildman–Crippen LogP) is 3.24. The van der Waals surface area contributed by atoms with E-state index in [2.05, 4.69) is 34.5 Å². The number of rotatable bonds is 5. The number of urea groups is 1. The van der Waals surface area contributed by atoms with Crippen molar-refractivity contribution >= 4 is 28.3 Å². The molecule has 7 heteroatoms. The second kappa shape index (κ2) is 9.01. The Morgan fingerprint density at radius 1 is 1.15 bits per heavy atom. The minimum Gasteiger partial charge on any atom is -0.465 e. The maximum atomic E-state index is 12.6. The molecule has 2 aromatic rings. The van der Waals surface area contributed by atoms with Gasteiger partial charge in [-0.1, -0.05) is 30.3 Å². The maximum absolute atomic E-state index is 12.6. The van der Waals surface area contributed by atoms with Gasteiger partial charge in [0.05, 0.1) is 12.7 Å². The van der Waals surface area contributed by atoms with E-state index in [1.165, 1.54) is 24.0 Å². The Balaban J connectivity index is 1.49. The number of thiophene rings is 1. The smallest absolute Gasteiger partial charge is 0.340 e. The third kappa shape index (κ3) is 5.08. The fourth-order valence-corrected chi connectivity index (χ4v) is 4.04. The van der Waals surface area contributed by atoms with Crippen LogP contribution in [0.2, 0.25) is 0 Å². The van der Waals surface area contributed by atoms with Crippen molar-refractivity contribution in [2.24, 2.45) is 0 Å². The number of nitrogens with one attached hydrogen (secondary N) is 1. The number of hydrogen-bond acceptors (Lipinski definition) is 5. The molecule has 2 amide bonds. The third-order valence-corrected chi connectivity index (χ3v) is 5.67. The Morgan fingerprint density at radius 2 is 1.85 bits per heavy atom. The molecule has 1 aromatic carbocycles. The number of aryl methyl sites for hydroxylation is 1. The summed E-state index contributed by atoms with van der Waals surface area (Å²) in [5, 5.41) is 3.43. The van der Waals surface area contributed by atoms with Gasteiger partial charge < -0.3 is 9.64 Å². The second-order valence-electron chi connectivity index (χ2n) is 6.59. The van der Waals surface area contributed by atoms with Crippen LogP contribution in [-0.4, -0.2) is 61.6 Å². The van der Waals surface area contributed by atoms with Crippen molar-refractivity contribution in [3.05, 3.63) is 52.4 Å². The summed E-state index contributed by atoms with van der Waals surface area (Å²) in [6.45, 7) is 5.96. The Labute approximate surface area is 163 Å². The number of carbonyl (C=O) groups excluding carboxylic acids is 2. The van der Waals surface area contributed by atoms with Gasteiger partial charge in [0.2, 0.25) is 0 Å². The van der Waals surface area contributed by atoms with Gasteiger partial charge in [0, 0.05) is 37.6 Å². The third-order valence-electron chi connectivity index (χ3n) is 4.70. The molecule has 0 atom stereocenters. The zero-order valence-electron chi connectivity index (χ0n) is 15.7. The molecule has 2 heterocycles. The molecule has 0 unspecified atom stereocenters. The average Bonchev–Trinajstić information content (AvgIpc) is 3.07. The zero-order chi connectivity index (χ0) is 19.2. The average molecular weight is 388 g/mol. The summed E-state index contributed by atoms with van der Waals surface area (Å²) >= 11 is 1.39. The molecule has 3 rings (SSSR count). The molecule has 1 aromatic heterocycles. The molecule has 27 heavy (non-hydrogen) atoms. The molecule has 1 saturated heterocycles. The number of benzene rings is 1. The van der Waals surface area contributed by atoms with E-state index < -0.39 is 5.97 Å². The van der Waals surface area contributed by atoms with E-state index in [1.807, 2.05) is 13.0 Å². The minimum atomic E-state index is -0.430. The number of anilines is 1. The molecule has 0 aliphatic carbocycles. The summed E-state index contributed by atoms with van der Waals surface area (Å²) in [7, 11) is 1.34. The molecule has 0 bridgehead atoms. The minimum absolute atomic E-state index is 0.162. The van der Waals surface area contributed by atoms with Crippen LogP contribution in [0.25, 0.3) is 0 Å². The summed E-state index contributed by atoms with van der Waals surface area (Å²) in [5.41, 5.74) is 1.75. The first-order valence-electron chi connectivity index (χ1n) is 9.08. The SMILES string of the molecule is COC(=O)c1cc(C)sc1NC(=O)N1CCN(CCc2ccccc2)CC1. The lowest BCUT2D eigenvalue weighted by Gasteiger charge is -2.34. The lowest BCUT2D eigenvalue weighted by molar-refractivity contribution is 0.0602. The van der Waals surface area contributed by atoms with Gasteiger partial charge in [-0.2, -0.15) is 0 Å². The summed E-state index contributed by atoms with van der Waals surface area (Å²) in [5.74, 6) is -0.430. The normalized spacial score (nSPS) is 14.8. The van der Waals surface area contributed by atoms with Crippen molar-refractivity contribution in [2.45, 2.75) is 13.3 Å². The number of nitrogens with zero attached hydrogens (tertiary/aromatic N) is 2. The molecule has 1 aliphatic rings. The first kappa shape index (κ1) is 19.4. The monoisotopic (exact) mass is 387 g/mol. The van der Waals surface area contributed by atoms with Gasteiger partial charge in [-0.3, -0.25) is 10.2 Å². The standard InChI is InChI=1S/C20H25N3O3S/c1-15-14-17(19(24)26-2)18(27-15)21-20(25)23-12-10-22(11-13-23)9-8-16-6-4-3-5-7-16/h3-7,14H,8-13H2,1-2H3,(H,21,25). The lowest BCUT2D eigenvalue weighted by Crippen LogP contribution is -2.50. The number of hydrogen-bond donors (Lipinski definition) is 1. The quantitative estimate of drug-likeness (QED) is 0.800. The summed E-state index contributed by atoms with van der Waals surface area (Å²) < 4.78 is 4.79. The van der Waals surface area contributed by atoms with Gasteiger partial charge in [-0.05, 0) is 25.0 Å². The fourth-order valence-electron chi connectivity index (χ4n) is 3.15. The highest BCUT2D eigenvalue weighted by Gasteiger charge is 2.23. The molecule has 0 radical (unpaired) electrons. The first-order valence-corrected chi connectivity index (χ1v) is 9.89. The van der Waals surface area contributed by atoms with Gasteiger partial charge in [0.1, 0.15) is 5.00 Å². The highest BCUT2D eigenvalue weighted by atomic mass is 32.1. The zero-order valence-corrected chi connectivity index (χ0v) is 16.6. The van der Waals surface area contributed by atoms with Gasteiger partial charge >= 0.3 is 12.0 Å². The van der Waals surface area contributed by atoms with E-state index in [1.54, 1.807) is 11.0 Å². The molecular formula is C20H25N3O3S. The van der Waals surface area contributed by atoms with Crippen LogP contribution >= 0.6 is 11.3 Å². The Kier molecular flexibility index (Phi) is 6.47. The summed E-state index contributed by atoms with van der Waals surface area (Å²) in [6.07, 6.45) is 1.02. The lowest BCUT2D eigenvalue weighted by atomic mass is 10.1. The molecule has 1 aliphatic heterocycles. The van der Waals surface area contributed by atoms with Crippen LogP contribution in [0.3, 0.4) is 0 Å². The molecular weight excluding hydrogens is 362 g/mol. The Bertz CT molecular complexity index is 783. The van der Waals surface area contributed by atoms with E-state index >= 15 is 0 Å². The van der Waals surface area contributed by atoms with Crippen molar-refractivity contribution in [2.75, 3.05) is 45.2 Å². The van der Waals surface area contributed by atoms with Crippen LogP contribution in [0.1, 0.15) is 20.8 Å². The molecule has 0 saturated carbocycles. The maximum Gasteiger partial charge on any atom is 0.340 e. The van der Waals surface area contributed by atoms with Crippen molar-refractivity contribution in [3.63, 3.8) is 0 Å². The largest absolute Gasteiger partial charge is 0.465 e. The predicted molar refractivity (Wildman–Crippen MR) is 108 cm³/mol. The highest BCUT2D eigenvalue weighted by Crippen LogP contribution is 2.28. The van der Waals surface area contributed by atoms with E-state index in [4.69, 9.17) is 4.74 Å². The number of ether oxygens (including phenoxy) is 1. The van der Waals surface area contributed by atoms with Gasteiger partial charge in [-0.25, -0.2) is 9.59 Å². The van der Waals surface area contributed by atoms with Gasteiger partial charge in [0.15, 0.2) is 0 Å². The van der Waals surface area contributed by atoms with E-state index in [0.29, 0.717) is 23.7 Å². The van der Waals surface area contributed by atoms with Crippen molar-refractivity contribution in [1.82, 2.24) is 9.80 Å². The summed E-state index contributed by atoms with van der Waals surface area (Å²) in [4.78, 5) is 29.6. The fraction of sp³-hybridized carbons (Fsp3) is 0.400. The Morgan fingerprint density at radius 3 is 2.52 bits per heavy atom. The van der Waals surface area contributed by atoms with Gasteiger partial charge in [-0.15, -0.1) is 11.3 Å². The van der Waals surface area contributed by atoms with E-state index in [9.17, 15) is 9.59 Å². The molecule has 144 valence electrons.